The summed E-state index contributed by atoms with van der Waals surface area (Å²) in [7, 11) is 5.02. The molecule has 0 aliphatic rings. The molecule has 0 fully saturated rings. The molecule has 0 saturated carbocycles. The summed E-state index contributed by atoms with van der Waals surface area (Å²) in [6, 6.07) is 13.6. The number of carbonyl (C=O) groups is 1. The van der Waals surface area contributed by atoms with E-state index >= 15 is 0 Å². The van der Waals surface area contributed by atoms with Gasteiger partial charge in [-0.15, -0.1) is 24.0 Å². The van der Waals surface area contributed by atoms with Crippen molar-refractivity contribution in [3.8, 4) is 5.75 Å². The maximum absolute atomic E-state index is 11.7. The van der Waals surface area contributed by atoms with Gasteiger partial charge < -0.3 is 20.7 Å². The van der Waals surface area contributed by atoms with Crippen molar-refractivity contribution < 1.29 is 9.53 Å². The van der Waals surface area contributed by atoms with E-state index in [2.05, 4.69) is 36.9 Å². The molecule has 0 saturated heterocycles. The number of methoxy groups -OCH3 is 1. The molecule has 0 bridgehead atoms. The highest BCUT2D eigenvalue weighted by molar-refractivity contribution is 14.0. The smallest absolute Gasteiger partial charge is 0.251 e. The Labute approximate surface area is 191 Å². The summed E-state index contributed by atoms with van der Waals surface area (Å²) in [5, 5.41) is 9.22. The van der Waals surface area contributed by atoms with E-state index in [1.807, 2.05) is 42.5 Å². The number of carbonyl (C=O) groups excluding carboxylic acids is 1. The Hall–Kier alpha value is -1.81. The SMILES string of the molecule is CN=C(NCCc1cccc(C(=O)NC)c1)NCc1ccc(OC)c(Br)c1.I. The third-order valence-electron chi connectivity index (χ3n) is 4.02. The number of nitrogens with zero attached hydrogens (tertiary/aromatic N) is 1. The predicted octanol–water partition coefficient (Wildman–Crippen LogP) is 3.34. The quantitative estimate of drug-likeness (QED) is 0.276. The monoisotopic (exact) mass is 560 g/mol. The summed E-state index contributed by atoms with van der Waals surface area (Å²) < 4.78 is 6.16. The van der Waals surface area contributed by atoms with E-state index in [0.29, 0.717) is 18.7 Å². The fourth-order valence-corrected chi connectivity index (χ4v) is 3.15. The lowest BCUT2D eigenvalue weighted by molar-refractivity contribution is 0.0963. The van der Waals surface area contributed by atoms with Crippen LogP contribution in [0.4, 0.5) is 0 Å². The lowest BCUT2D eigenvalue weighted by Crippen LogP contribution is -2.37. The van der Waals surface area contributed by atoms with Crippen molar-refractivity contribution in [2.24, 2.45) is 4.99 Å². The first-order chi connectivity index (χ1) is 13.1. The lowest BCUT2D eigenvalue weighted by atomic mass is 10.1. The van der Waals surface area contributed by atoms with Crippen LogP contribution in [0.1, 0.15) is 21.5 Å². The number of amides is 1. The molecule has 152 valence electrons. The minimum atomic E-state index is -0.0760. The normalized spacial score (nSPS) is 10.6. The highest BCUT2D eigenvalue weighted by Gasteiger charge is 2.05. The Kier molecular flexibility index (Phi) is 10.9. The predicted molar refractivity (Wildman–Crippen MR) is 128 cm³/mol. The Morgan fingerprint density at radius 1 is 1.14 bits per heavy atom. The Bertz CT molecular complexity index is 815. The second-order valence-electron chi connectivity index (χ2n) is 5.85. The molecule has 0 aromatic heterocycles. The van der Waals surface area contributed by atoms with Gasteiger partial charge in [0.05, 0.1) is 11.6 Å². The van der Waals surface area contributed by atoms with Gasteiger partial charge in [-0.1, -0.05) is 18.2 Å². The molecular weight excluding hydrogens is 535 g/mol. The number of guanidine groups is 1. The van der Waals surface area contributed by atoms with Crippen molar-refractivity contribution in [3.05, 3.63) is 63.6 Å². The van der Waals surface area contributed by atoms with Crippen molar-refractivity contribution >= 4 is 51.8 Å². The van der Waals surface area contributed by atoms with E-state index in [9.17, 15) is 4.79 Å². The second kappa shape index (κ2) is 12.6. The van der Waals surface area contributed by atoms with Crippen molar-refractivity contribution in [2.45, 2.75) is 13.0 Å². The van der Waals surface area contributed by atoms with E-state index in [-0.39, 0.29) is 29.9 Å². The van der Waals surface area contributed by atoms with Crippen LogP contribution in [0.3, 0.4) is 0 Å². The van der Waals surface area contributed by atoms with Gasteiger partial charge in [-0.2, -0.15) is 0 Å². The largest absolute Gasteiger partial charge is 0.496 e. The fourth-order valence-electron chi connectivity index (χ4n) is 2.56. The summed E-state index contributed by atoms with van der Waals surface area (Å²) in [6.45, 7) is 1.36. The molecule has 0 aliphatic carbocycles. The zero-order valence-corrected chi connectivity index (χ0v) is 20.1. The van der Waals surface area contributed by atoms with Gasteiger partial charge in [-0.3, -0.25) is 9.79 Å². The highest BCUT2D eigenvalue weighted by Crippen LogP contribution is 2.25. The number of hydrogen-bond donors (Lipinski definition) is 3. The molecule has 6 nitrogen and oxygen atoms in total. The Balaban J connectivity index is 0.00000392. The van der Waals surface area contributed by atoms with Crippen LogP contribution in [-0.2, 0) is 13.0 Å². The highest BCUT2D eigenvalue weighted by atomic mass is 127. The van der Waals surface area contributed by atoms with Crippen LogP contribution >= 0.6 is 39.9 Å². The molecule has 0 spiro atoms. The van der Waals surface area contributed by atoms with E-state index in [1.54, 1.807) is 21.2 Å². The molecule has 0 atom stereocenters. The number of halogens is 2. The first-order valence-corrected chi connectivity index (χ1v) is 9.44. The Morgan fingerprint density at radius 2 is 1.93 bits per heavy atom. The van der Waals surface area contributed by atoms with Crippen LogP contribution < -0.4 is 20.7 Å². The standard InChI is InChI=1S/C20H25BrN4O2.HI/c1-22-19(26)16-6-4-5-14(11-16)9-10-24-20(23-2)25-13-15-7-8-18(27-3)17(21)12-15;/h4-8,11-12H,9-10,13H2,1-3H3,(H,22,26)(H2,23,24,25);1H. The lowest BCUT2D eigenvalue weighted by Gasteiger charge is -2.13. The molecule has 1 amide bonds. The number of aliphatic imine (C=N–C) groups is 1. The first-order valence-electron chi connectivity index (χ1n) is 8.65. The number of rotatable bonds is 7. The topological polar surface area (TPSA) is 74.8 Å². The molecule has 8 heteroatoms. The number of benzene rings is 2. The average molecular weight is 561 g/mol. The third kappa shape index (κ3) is 7.31. The summed E-state index contributed by atoms with van der Waals surface area (Å²) in [4.78, 5) is 16.0. The minimum absolute atomic E-state index is 0. The van der Waals surface area contributed by atoms with Gasteiger partial charge in [0.1, 0.15) is 5.75 Å². The molecular formula is C20H26BrIN4O2. The fraction of sp³-hybridized carbons (Fsp3) is 0.300. The Morgan fingerprint density at radius 3 is 2.57 bits per heavy atom. The number of hydrogen-bond acceptors (Lipinski definition) is 3. The van der Waals surface area contributed by atoms with Gasteiger partial charge in [0.15, 0.2) is 5.96 Å². The van der Waals surface area contributed by atoms with Crippen LogP contribution in [0, 0.1) is 0 Å². The maximum atomic E-state index is 11.7. The minimum Gasteiger partial charge on any atom is -0.496 e. The van der Waals surface area contributed by atoms with Gasteiger partial charge in [0.2, 0.25) is 0 Å². The molecule has 2 aromatic carbocycles. The van der Waals surface area contributed by atoms with Gasteiger partial charge in [0.25, 0.3) is 5.91 Å². The zero-order valence-electron chi connectivity index (χ0n) is 16.2. The third-order valence-corrected chi connectivity index (χ3v) is 4.64. The number of nitrogens with one attached hydrogen (secondary N) is 3. The van der Waals surface area contributed by atoms with Crippen molar-refractivity contribution in [3.63, 3.8) is 0 Å². The maximum Gasteiger partial charge on any atom is 0.251 e. The van der Waals surface area contributed by atoms with Crippen molar-refractivity contribution in [1.82, 2.24) is 16.0 Å². The molecule has 2 aromatic rings. The summed E-state index contributed by atoms with van der Waals surface area (Å²) in [5.74, 6) is 1.46. The van der Waals surface area contributed by atoms with Gasteiger partial charge in [-0.25, -0.2) is 0 Å². The van der Waals surface area contributed by atoms with Crippen LogP contribution in [0.5, 0.6) is 5.75 Å². The summed E-state index contributed by atoms with van der Waals surface area (Å²) in [6.07, 6.45) is 0.791. The van der Waals surface area contributed by atoms with Crippen molar-refractivity contribution in [1.29, 1.82) is 0 Å². The zero-order chi connectivity index (χ0) is 19.6. The second-order valence-corrected chi connectivity index (χ2v) is 6.71. The summed E-state index contributed by atoms with van der Waals surface area (Å²) >= 11 is 3.49. The van der Waals surface area contributed by atoms with E-state index in [0.717, 1.165) is 33.7 Å². The van der Waals surface area contributed by atoms with E-state index in [4.69, 9.17) is 4.74 Å². The van der Waals surface area contributed by atoms with Crippen molar-refractivity contribution in [2.75, 3.05) is 27.7 Å². The van der Waals surface area contributed by atoms with Gasteiger partial charge in [0, 0.05) is 32.7 Å². The molecule has 2 rings (SSSR count). The molecule has 0 radical (unpaired) electrons. The summed E-state index contributed by atoms with van der Waals surface area (Å²) in [5.41, 5.74) is 2.88. The molecule has 0 unspecified atom stereocenters. The molecule has 0 heterocycles. The molecule has 0 aliphatic heterocycles. The van der Waals surface area contributed by atoms with Gasteiger partial charge in [-0.05, 0) is 57.7 Å². The van der Waals surface area contributed by atoms with E-state index in [1.165, 1.54) is 0 Å². The number of ether oxygens (including phenoxy) is 1. The van der Waals surface area contributed by atoms with Gasteiger partial charge >= 0.3 is 0 Å². The van der Waals surface area contributed by atoms with E-state index < -0.39 is 0 Å². The van der Waals surface area contributed by atoms with Crippen LogP contribution in [0.25, 0.3) is 0 Å². The average Bonchev–Trinajstić information content (AvgIpc) is 2.70. The molecule has 28 heavy (non-hydrogen) atoms. The van der Waals surface area contributed by atoms with Crippen LogP contribution in [-0.4, -0.2) is 39.6 Å². The first kappa shape index (κ1) is 24.2. The van der Waals surface area contributed by atoms with Crippen LogP contribution in [0.2, 0.25) is 0 Å². The van der Waals surface area contributed by atoms with Crippen LogP contribution in [0.15, 0.2) is 51.9 Å². The molecule has 3 N–H and O–H groups in total.